The molecule has 6 rings (SSSR count). The number of nitrogens with zero attached hydrogens (tertiary/aromatic N) is 6. The first-order chi connectivity index (χ1) is 21.7. The van der Waals surface area contributed by atoms with Gasteiger partial charge in [0.1, 0.15) is 17.9 Å². The van der Waals surface area contributed by atoms with Crippen LogP contribution in [0.15, 0.2) is 54.7 Å². The molecule has 2 aromatic carbocycles. The molecular weight excluding hydrogens is 584 g/mol. The van der Waals surface area contributed by atoms with Crippen molar-refractivity contribution in [3.63, 3.8) is 0 Å². The highest BCUT2D eigenvalue weighted by Gasteiger charge is 2.48. The molecule has 2 N–H and O–H groups in total. The van der Waals surface area contributed by atoms with E-state index in [1.54, 1.807) is 18.3 Å². The molecule has 4 heterocycles. The Balaban J connectivity index is 1.09. The van der Waals surface area contributed by atoms with Gasteiger partial charge in [0.05, 0.1) is 37.1 Å². The summed E-state index contributed by atoms with van der Waals surface area (Å²) in [5, 5.41) is 22.5. The molecule has 2 unspecified atom stereocenters. The smallest absolute Gasteiger partial charge is 0.301 e. The molecule has 0 bridgehead atoms. The lowest BCUT2D eigenvalue weighted by Crippen LogP contribution is -2.56. The lowest BCUT2D eigenvalue weighted by atomic mass is 10.0. The third-order valence-corrected chi connectivity index (χ3v) is 8.46. The average Bonchev–Trinajstić information content (AvgIpc) is 3.01. The number of nitrogens with one attached hydrogen (secondary N) is 1. The van der Waals surface area contributed by atoms with Crippen molar-refractivity contribution in [3.8, 4) is 23.1 Å². The second-order valence-electron chi connectivity index (χ2n) is 11.6. The number of aliphatic hydroxyl groups excluding tert-OH is 1. The molecule has 0 radical (unpaired) electrons. The lowest BCUT2D eigenvalue weighted by Gasteiger charge is -2.43. The number of halogens is 2. The highest BCUT2D eigenvalue weighted by atomic mass is 19.3. The topological polar surface area (TPSA) is 127 Å². The third kappa shape index (κ3) is 6.83. The van der Waals surface area contributed by atoms with Gasteiger partial charge in [0.2, 0.25) is 5.95 Å². The quantitative estimate of drug-likeness (QED) is 0.388. The third-order valence-electron chi connectivity index (χ3n) is 8.46. The highest BCUT2D eigenvalue weighted by Crippen LogP contribution is 2.34. The normalized spacial score (nSPS) is 21.0. The fourth-order valence-electron chi connectivity index (χ4n) is 5.79. The average molecular weight is 620 g/mol. The van der Waals surface area contributed by atoms with Gasteiger partial charge in [-0.2, -0.15) is 5.26 Å². The number of carbonyl (C=O) groups is 1. The number of anilines is 3. The number of carbonyl (C=O) groups excluding carboxylic acids is 1. The molecule has 45 heavy (non-hydrogen) atoms. The number of piperazine rings is 1. The van der Waals surface area contributed by atoms with Crippen LogP contribution in [0.25, 0.3) is 11.3 Å². The number of piperidine rings is 1. The van der Waals surface area contributed by atoms with Crippen molar-refractivity contribution in [1.29, 1.82) is 5.26 Å². The lowest BCUT2D eigenvalue weighted by molar-refractivity contribution is -0.165. The molecule has 0 spiro atoms. The van der Waals surface area contributed by atoms with Gasteiger partial charge in [0.15, 0.2) is 6.10 Å². The first-order valence-electron chi connectivity index (χ1n) is 15.0. The van der Waals surface area contributed by atoms with Gasteiger partial charge in [-0.1, -0.05) is 0 Å². The monoisotopic (exact) mass is 619 g/mol. The van der Waals surface area contributed by atoms with Crippen LogP contribution in [0.3, 0.4) is 0 Å². The van der Waals surface area contributed by atoms with Gasteiger partial charge < -0.3 is 29.7 Å². The van der Waals surface area contributed by atoms with Crippen LogP contribution in [-0.2, 0) is 9.53 Å². The molecule has 0 saturated carbocycles. The Hall–Kier alpha value is -4.38. The molecule has 1 aromatic heterocycles. The van der Waals surface area contributed by atoms with Crippen molar-refractivity contribution >= 4 is 23.2 Å². The SMILES string of the molecule is CC(O)C(=O)N1CCC(Oc2ccc(-c3ccnc(Nc4ccc(N5CCN(C6COC6)CC5)cc4)n3)cc2C#N)C(F)(F)C1. The number of likely N-dealkylation sites (tertiary alicyclic amines) is 1. The first kappa shape index (κ1) is 30.6. The Bertz CT molecular complexity index is 1550. The number of ether oxygens (including phenoxy) is 2. The Labute approximate surface area is 260 Å². The minimum atomic E-state index is -3.36. The van der Waals surface area contributed by atoms with E-state index in [1.165, 1.54) is 19.1 Å². The molecule has 3 saturated heterocycles. The molecule has 2 atom stereocenters. The molecule has 3 fully saturated rings. The van der Waals surface area contributed by atoms with Crippen LogP contribution in [0.1, 0.15) is 18.9 Å². The van der Waals surface area contributed by atoms with E-state index in [-0.39, 0.29) is 24.3 Å². The van der Waals surface area contributed by atoms with Crippen molar-refractivity contribution in [2.75, 3.05) is 62.7 Å². The summed E-state index contributed by atoms with van der Waals surface area (Å²) in [7, 11) is 0. The summed E-state index contributed by atoms with van der Waals surface area (Å²) >= 11 is 0. The maximum absolute atomic E-state index is 14.9. The number of nitriles is 1. The van der Waals surface area contributed by atoms with Crippen molar-refractivity contribution in [1.82, 2.24) is 19.8 Å². The zero-order valence-corrected chi connectivity index (χ0v) is 24.9. The molecule has 3 aliphatic rings. The zero-order valence-electron chi connectivity index (χ0n) is 24.9. The number of benzene rings is 2. The van der Waals surface area contributed by atoms with E-state index < -0.39 is 30.6 Å². The van der Waals surface area contributed by atoms with Crippen LogP contribution in [-0.4, -0.2) is 107 Å². The summed E-state index contributed by atoms with van der Waals surface area (Å²) in [6, 6.07) is 17.1. The van der Waals surface area contributed by atoms with Gasteiger partial charge in [-0.05, 0) is 55.5 Å². The van der Waals surface area contributed by atoms with Gasteiger partial charge in [-0.25, -0.2) is 18.7 Å². The van der Waals surface area contributed by atoms with Crippen LogP contribution < -0.4 is 15.0 Å². The number of amides is 1. The second-order valence-corrected chi connectivity index (χ2v) is 11.6. The molecule has 13 heteroatoms. The summed E-state index contributed by atoms with van der Waals surface area (Å²) in [4.78, 5) is 26.7. The van der Waals surface area contributed by atoms with E-state index in [9.17, 15) is 23.9 Å². The van der Waals surface area contributed by atoms with E-state index in [4.69, 9.17) is 9.47 Å². The number of aliphatic hydroxyl groups is 1. The van der Waals surface area contributed by atoms with Crippen molar-refractivity contribution < 1.29 is 28.2 Å². The molecular formula is C32H35F2N7O4. The minimum absolute atomic E-state index is 0.0109. The predicted octanol–water partition coefficient (Wildman–Crippen LogP) is 3.28. The Morgan fingerprint density at radius 3 is 2.53 bits per heavy atom. The summed E-state index contributed by atoms with van der Waals surface area (Å²) in [6.45, 7) is 6.04. The van der Waals surface area contributed by atoms with E-state index in [0.29, 0.717) is 23.2 Å². The van der Waals surface area contributed by atoms with Gasteiger partial charge in [-0.3, -0.25) is 9.69 Å². The van der Waals surface area contributed by atoms with Crippen LogP contribution >= 0.6 is 0 Å². The van der Waals surface area contributed by atoms with Crippen LogP contribution in [0.2, 0.25) is 0 Å². The molecule has 3 aromatic rings. The fraction of sp³-hybridized carbons (Fsp3) is 0.438. The highest BCUT2D eigenvalue weighted by molar-refractivity contribution is 5.80. The molecule has 236 valence electrons. The summed E-state index contributed by atoms with van der Waals surface area (Å²) in [5.74, 6) is -3.73. The van der Waals surface area contributed by atoms with Gasteiger partial charge >= 0.3 is 5.92 Å². The number of hydrogen-bond donors (Lipinski definition) is 2. The van der Waals surface area contributed by atoms with E-state index >= 15 is 0 Å². The zero-order chi connectivity index (χ0) is 31.6. The maximum atomic E-state index is 14.9. The molecule has 3 aliphatic heterocycles. The van der Waals surface area contributed by atoms with Crippen LogP contribution in [0, 0.1) is 11.3 Å². The summed E-state index contributed by atoms with van der Waals surface area (Å²) < 4.78 is 40.7. The van der Waals surface area contributed by atoms with Crippen LogP contribution in [0.4, 0.5) is 26.1 Å². The van der Waals surface area contributed by atoms with Gasteiger partial charge in [-0.15, -0.1) is 0 Å². The first-order valence-corrected chi connectivity index (χ1v) is 15.0. The van der Waals surface area contributed by atoms with Gasteiger partial charge in [0, 0.05) is 62.3 Å². The van der Waals surface area contributed by atoms with Crippen LogP contribution in [0.5, 0.6) is 5.75 Å². The number of hydrogen-bond acceptors (Lipinski definition) is 10. The Morgan fingerprint density at radius 2 is 1.89 bits per heavy atom. The fourth-order valence-corrected chi connectivity index (χ4v) is 5.79. The standard InChI is InChI=1S/C32H35F2N7O4/c1-21(42)30(43)41-11-9-29(32(33,34)20-41)45-28-7-2-22(16-23(28)17-35)27-8-10-36-31(38-27)37-24-3-5-25(6-4-24)39-12-14-40(15-13-39)26-18-44-19-26/h2-8,10,16,21,26,29,42H,9,11-15,18-20H2,1H3,(H,36,37,38). The summed E-state index contributed by atoms with van der Waals surface area (Å²) in [5.41, 5.74) is 3.19. The van der Waals surface area contributed by atoms with E-state index in [1.807, 2.05) is 18.2 Å². The molecule has 1 amide bonds. The summed E-state index contributed by atoms with van der Waals surface area (Å²) in [6.07, 6.45) is -1.43. The number of alkyl halides is 2. The molecule has 11 nitrogen and oxygen atoms in total. The molecule has 0 aliphatic carbocycles. The van der Waals surface area contributed by atoms with Crippen molar-refractivity contribution in [2.24, 2.45) is 0 Å². The number of rotatable bonds is 8. The van der Waals surface area contributed by atoms with Crippen molar-refractivity contribution in [3.05, 3.63) is 60.3 Å². The largest absolute Gasteiger partial charge is 0.483 e. The Morgan fingerprint density at radius 1 is 1.13 bits per heavy atom. The second kappa shape index (κ2) is 12.9. The predicted molar refractivity (Wildman–Crippen MR) is 163 cm³/mol. The number of aromatic nitrogens is 2. The minimum Gasteiger partial charge on any atom is -0.483 e. The van der Waals surface area contributed by atoms with E-state index in [2.05, 4.69) is 37.2 Å². The maximum Gasteiger partial charge on any atom is 0.301 e. The van der Waals surface area contributed by atoms with Crippen molar-refractivity contribution in [2.45, 2.75) is 37.5 Å². The van der Waals surface area contributed by atoms with E-state index in [0.717, 1.165) is 55.7 Å². The Kier molecular flexibility index (Phi) is 8.80. The van der Waals surface area contributed by atoms with Gasteiger partial charge in [0.25, 0.3) is 5.91 Å².